The third kappa shape index (κ3) is 2.84. The Kier molecular flexibility index (Phi) is 3.73. The molecular formula is C12H21N3O. The number of carbonyl (C=O) groups excluding carboxylic acids is 1. The molecule has 0 aromatic carbocycles. The number of H-pyrrole nitrogens is 1. The van der Waals surface area contributed by atoms with Gasteiger partial charge in [-0.2, -0.15) is 5.10 Å². The molecule has 0 unspecified atom stereocenters. The van der Waals surface area contributed by atoms with Crippen LogP contribution in [0.4, 0.5) is 0 Å². The topological polar surface area (TPSA) is 57.8 Å². The van der Waals surface area contributed by atoms with E-state index in [-0.39, 0.29) is 11.3 Å². The van der Waals surface area contributed by atoms with Crippen molar-refractivity contribution in [3.63, 3.8) is 0 Å². The fourth-order valence-electron chi connectivity index (χ4n) is 1.42. The second-order valence-electron chi connectivity index (χ2n) is 5.01. The van der Waals surface area contributed by atoms with Gasteiger partial charge in [-0.1, -0.05) is 20.8 Å². The van der Waals surface area contributed by atoms with Gasteiger partial charge >= 0.3 is 0 Å². The predicted molar refractivity (Wildman–Crippen MR) is 64.5 cm³/mol. The van der Waals surface area contributed by atoms with Gasteiger partial charge < -0.3 is 5.32 Å². The molecule has 0 bridgehead atoms. The lowest BCUT2D eigenvalue weighted by Crippen LogP contribution is -2.34. The molecule has 1 rings (SSSR count). The van der Waals surface area contributed by atoms with E-state index in [4.69, 9.17) is 0 Å². The second kappa shape index (κ2) is 4.68. The Hall–Kier alpha value is -1.32. The molecule has 4 nitrogen and oxygen atoms in total. The molecule has 0 fully saturated rings. The number of hydrogen-bond acceptors (Lipinski definition) is 2. The van der Waals surface area contributed by atoms with E-state index < -0.39 is 0 Å². The highest BCUT2D eigenvalue weighted by atomic mass is 16.1. The lowest BCUT2D eigenvalue weighted by atomic mass is 9.90. The first kappa shape index (κ1) is 12.7. The van der Waals surface area contributed by atoms with Crippen molar-refractivity contribution < 1.29 is 4.79 Å². The number of carbonyl (C=O) groups is 1. The van der Waals surface area contributed by atoms with Gasteiger partial charge in [0.25, 0.3) is 5.91 Å². The molecule has 1 heterocycles. The maximum Gasteiger partial charge on any atom is 0.255 e. The van der Waals surface area contributed by atoms with Crippen molar-refractivity contribution in [2.75, 3.05) is 6.54 Å². The molecule has 1 aromatic rings. The number of nitrogens with zero attached hydrogens (tertiary/aromatic N) is 1. The van der Waals surface area contributed by atoms with E-state index in [2.05, 4.69) is 36.3 Å². The van der Waals surface area contributed by atoms with Gasteiger partial charge in [-0.15, -0.1) is 0 Å². The van der Waals surface area contributed by atoms with Crippen LogP contribution in [-0.2, 0) is 0 Å². The van der Waals surface area contributed by atoms with Gasteiger partial charge in [-0.25, -0.2) is 0 Å². The SMILES string of the molecule is CCC(C)(C)CNC(=O)c1c(C)n[nH]c1C. The minimum Gasteiger partial charge on any atom is -0.351 e. The molecule has 0 spiro atoms. The Morgan fingerprint density at radius 1 is 1.44 bits per heavy atom. The summed E-state index contributed by atoms with van der Waals surface area (Å²) in [6.45, 7) is 10.8. The smallest absolute Gasteiger partial charge is 0.255 e. The number of aryl methyl sites for hydroxylation is 2. The molecule has 0 aliphatic carbocycles. The minimum absolute atomic E-state index is 0.0368. The van der Waals surface area contributed by atoms with Crippen LogP contribution in [-0.4, -0.2) is 22.6 Å². The molecule has 4 heteroatoms. The Morgan fingerprint density at radius 2 is 2.06 bits per heavy atom. The Labute approximate surface area is 96.8 Å². The molecule has 0 saturated heterocycles. The van der Waals surface area contributed by atoms with Crippen LogP contribution in [0, 0.1) is 19.3 Å². The second-order valence-corrected chi connectivity index (χ2v) is 5.01. The molecule has 0 saturated carbocycles. The predicted octanol–water partition coefficient (Wildman–Crippen LogP) is 2.19. The van der Waals surface area contributed by atoms with Crippen LogP contribution < -0.4 is 5.32 Å². The minimum atomic E-state index is -0.0368. The summed E-state index contributed by atoms with van der Waals surface area (Å²) in [6.07, 6.45) is 1.04. The molecule has 0 radical (unpaired) electrons. The average Bonchev–Trinajstić information content (AvgIpc) is 2.55. The molecule has 0 atom stereocenters. The molecule has 16 heavy (non-hydrogen) atoms. The van der Waals surface area contributed by atoms with Crippen molar-refractivity contribution in [1.82, 2.24) is 15.5 Å². The van der Waals surface area contributed by atoms with Gasteiger partial charge in [-0.3, -0.25) is 9.89 Å². The van der Waals surface area contributed by atoms with Crippen molar-refractivity contribution in [2.24, 2.45) is 5.41 Å². The highest BCUT2D eigenvalue weighted by molar-refractivity contribution is 5.96. The quantitative estimate of drug-likeness (QED) is 0.822. The molecule has 90 valence electrons. The van der Waals surface area contributed by atoms with Crippen LogP contribution in [0.2, 0.25) is 0 Å². The van der Waals surface area contributed by atoms with E-state index in [1.54, 1.807) is 0 Å². The third-order valence-corrected chi connectivity index (χ3v) is 3.04. The summed E-state index contributed by atoms with van der Waals surface area (Å²) in [6, 6.07) is 0. The fourth-order valence-corrected chi connectivity index (χ4v) is 1.42. The molecule has 2 N–H and O–H groups in total. The largest absolute Gasteiger partial charge is 0.351 e. The normalized spacial score (nSPS) is 11.6. The van der Waals surface area contributed by atoms with Crippen LogP contribution in [0.1, 0.15) is 48.9 Å². The van der Waals surface area contributed by atoms with Crippen LogP contribution in [0.25, 0.3) is 0 Å². The summed E-state index contributed by atoms with van der Waals surface area (Å²) >= 11 is 0. The van der Waals surface area contributed by atoms with Gasteiger partial charge in [0.05, 0.1) is 11.3 Å². The molecular weight excluding hydrogens is 202 g/mol. The third-order valence-electron chi connectivity index (χ3n) is 3.04. The maximum atomic E-state index is 11.9. The van der Waals surface area contributed by atoms with E-state index in [1.807, 2.05) is 13.8 Å². The monoisotopic (exact) mass is 223 g/mol. The highest BCUT2D eigenvalue weighted by Crippen LogP contribution is 2.18. The standard InChI is InChI=1S/C12H21N3O/c1-6-12(4,5)7-13-11(16)10-8(2)14-15-9(10)3/h6-7H2,1-5H3,(H,13,16)(H,14,15). The lowest BCUT2D eigenvalue weighted by Gasteiger charge is -2.22. The fraction of sp³-hybridized carbons (Fsp3) is 0.667. The zero-order chi connectivity index (χ0) is 12.3. The first-order valence-electron chi connectivity index (χ1n) is 5.67. The van der Waals surface area contributed by atoms with Gasteiger partial charge in [-0.05, 0) is 25.7 Å². The van der Waals surface area contributed by atoms with Crippen LogP contribution in [0.5, 0.6) is 0 Å². The van der Waals surface area contributed by atoms with E-state index in [0.29, 0.717) is 12.1 Å². The van der Waals surface area contributed by atoms with Gasteiger partial charge in [0.2, 0.25) is 0 Å². The van der Waals surface area contributed by atoms with Crippen molar-refractivity contribution in [2.45, 2.75) is 41.0 Å². The first-order chi connectivity index (χ1) is 7.37. The summed E-state index contributed by atoms with van der Waals surface area (Å²) < 4.78 is 0. The number of aromatic amines is 1. The number of amides is 1. The lowest BCUT2D eigenvalue weighted by molar-refractivity contribution is 0.0934. The number of aromatic nitrogens is 2. The first-order valence-corrected chi connectivity index (χ1v) is 5.67. The van der Waals surface area contributed by atoms with E-state index in [0.717, 1.165) is 17.8 Å². The average molecular weight is 223 g/mol. The summed E-state index contributed by atoms with van der Waals surface area (Å²) in [5, 5.41) is 9.79. The van der Waals surface area contributed by atoms with E-state index in [9.17, 15) is 4.79 Å². The van der Waals surface area contributed by atoms with Crippen molar-refractivity contribution in [1.29, 1.82) is 0 Å². The molecule has 1 amide bonds. The number of nitrogens with one attached hydrogen (secondary N) is 2. The van der Waals surface area contributed by atoms with Gasteiger partial charge in [0.1, 0.15) is 0 Å². The molecule has 1 aromatic heterocycles. The van der Waals surface area contributed by atoms with Crippen molar-refractivity contribution in [3.8, 4) is 0 Å². The van der Waals surface area contributed by atoms with Crippen molar-refractivity contribution in [3.05, 3.63) is 17.0 Å². The zero-order valence-corrected chi connectivity index (χ0v) is 10.8. The van der Waals surface area contributed by atoms with E-state index in [1.165, 1.54) is 0 Å². The number of hydrogen-bond donors (Lipinski definition) is 2. The van der Waals surface area contributed by atoms with Crippen LogP contribution >= 0.6 is 0 Å². The Morgan fingerprint density at radius 3 is 2.50 bits per heavy atom. The molecule has 0 aliphatic rings. The van der Waals surface area contributed by atoms with Crippen molar-refractivity contribution >= 4 is 5.91 Å². The van der Waals surface area contributed by atoms with Crippen LogP contribution in [0.15, 0.2) is 0 Å². The zero-order valence-electron chi connectivity index (χ0n) is 10.8. The van der Waals surface area contributed by atoms with Gasteiger partial charge in [0, 0.05) is 12.2 Å². The Balaban J connectivity index is 2.67. The summed E-state index contributed by atoms with van der Waals surface area (Å²) in [4.78, 5) is 11.9. The molecule has 0 aliphatic heterocycles. The highest BCUT2D eigenvalue weighted by Gasteiger charge is 2.19. The van der Waals surface area contributed by atoms with Gasteiger partial charge in [0.15, 0.2) is 0 Å². The summed E-state index contributed by atoms with van der Waals surface area (Å²) in [5.74, 6) is -0.0368. The summed E-state index contributed by atoms with van der Waals surface area (Å²) in [7, 11) is 0. The maximum absolute atomic E-state index is 11.9. The van der Waals surface area contributed by atoms with E-state index >= 15 is 0 Å². The number of rotatable bonds is 4. The van der Waals surface area contributed by atoms with Crippen LogP contribution in [0.3, 0.4) is 0 Å². The summed E-state index contributed by atoms with van der Waals surface area (Å²) in [5.41, 5.74) is 2.39. The Bertz CT molecular complexity index is 360.